The van der Waals surface area contributed by atoms with Crippen LogP contribution in [-0.2, 0) is 13.0 Å². The number of halogens is 2. The summed E-state index contributed by atoms with van der Waals surface area (Å²) in [5.74, 6) is 0. The molecule has 1 aromatic heterocycles. The molecule has 1 N–H and O–H groups in total. The van der Waals surface area contributed by atoms with E-state index < -0.39 is 0 Å². The van der Waals surface area contributed by atoms with Crippen LogP contribution in [0.25, 0.3) is 0 Å². The molecule has 18 heavy (non-hydrogen) atoms. The van der Waals surface area contributed by atoms with Crippen LogP contribution in [0.3, 0.4) is 0 Å². The van der Waals surface area contributed by atoms with Crippen molar-refractivity contribution in [1.29, 1.82) is 0 Å². The van der Waals surface area contributed by atoms with E-state index in [1.807, 2.05) is 0 Å². The molecule has 0 aliphatic heterocycles. The van der Waals surface area contributed by atoms with Crippen LogP contribution >= 0.6 is 38.9 Å². The van der Waals surface area contributed by atoms with E-state index in [0.29, 0.717) is 0 Å². The van der Waals surface area contributed by atoms with Gasteiger partial charge in [-0.05, 0) is 44.9 Å². The minimum absolute atomic E-state index is 0.154. The van der Waals surface area contributed by atoms with E-state index in [2.05, 4.69) is 57.0 Å². The smallest absolute Gasteiger partial charge is 0.0571 e. The molecule has 3 rings (SSSR count). The molecule has 2 atom stereocenters. The van der Waals surface area contributed by atoms with Gasteiger partial charge in [0, 0.05) is 21.9 Å². The van der Waals surface area contributed by atoms with E-state index in [4.69, 9.17) is 11.6 Å². The summed E-state index contributed by atoms with van der Waals surface area (Å²) in [6.07, 6.45) is 0.959. The first-order valence-electron chi connectivity index (χ1n) is 5.93. The Bertz CT molecular complexity index is 554. The second-order valence-corrected chi connectivity index (χ2v) is 6.88. The van der Waals surface area contributed by atoms with Crippen molar-refractivity contribution in [3.63, 3.8) is 0 Å². The lowest BCUT2D eigenvalue weighted by molar-refractivity contribution is 0.538. The average molecular weight is 343 g/mol. The van der Waals surface area contributed by atoms with E-state index >= 15 is 0 Å². The highest BCUT2D eigenvalue weighted by atomic mass is 79.9. The molecule has 0 radical (unpaired) electrons. The number of fused-ring (bicyclic) bond motifs is 1. The van der Waals surface area contributed by atoms with Gasteiger partial charge in [-0.3, -0.25) is 0 Å². The molecule has 1 aliphatic rings. The zero-order chi connectivity index (χ0) is 12.5. The molecule has 4 heteroatoms. The van der Waals surface area contributed by atoms with Crippen molar-refractivity contribution in [2.45, 2.75) is 24.4 Å². The van der Waals surface area contributed by atoms with Crippen LogP contribution in [-0.4, -0.2) is 5.38 Å². The van der Waals surface area contributed by atoms with Crippen LogP contribution in [0.4, 0.5) is 0 Å². The lowest BCUT2D eigenvalue weighted by atomic mass is 10.1. The Hall–Kier alpha value is -0.350. The summed E-state index contributed by atoms with van der Waals surface area (Å²) in [6.45, 7) is 0.862. The van der Waals surface area contributed by atoms with Crippen molar-refractivity contribution in [2.75, 3.05) is 0 Å². The van der Waals surface area contributed by atoms with Crippen molar-refractivity contribution >= 4 is 38.9 Å². The normalized spacial score (nSPS) is 22.1. The Morgan fingerprint density at radius 1 is 1.33 bits per heavy atom. The molecule has 1 nitrogen and oxygen atoms in total. The molecule has 1 aliphatic carbocycles. The first kappa shape index (κ1) is 12.7. The third-order valence-electron chi connectivity index (χ3n) is 3.34. The minimum Gasteiger partial charge on any atom is -0.304 e. The van der Waals surface area contributed by atoms with Gasteiger partial charge in [-0.1, -0.05) is 24.3 Å². The van der Waals surface area contributed by atoms with Crippen LogP contribution in [0.1, 0.15) is 22.0 Å². The summed E-state index contributed by atoms with van der Waals surface area (Å²) in [4.78, 5) is 1.32. The van der Waals surface area contributed by atoms with E-state index in [-0.39, 0.29) is 11.4 Å². The topological polar surface area (TPSA) is 12.0 Å². The maximum Gasteiger partial charge on any atom is 0.0571 e. The van der Waals surface area contributed by atoms with E-state index in [0.717, 1.165) is 13.0 Å². The number of hydrogen-bond donors (Lipinski definition) is 1. The van der Waals surface area contributed by atoms with Crippen molar-refractivity contribution in [2.24, 2.45) is 0 Å². The molecule has 1 heterocycles. The van der Waals surface area contributed by atoms with Gasteiger partial charge in [-0.15, -0.1) is 22.9 Å². The van der Waals surface area contributed by atoms with E-state index in [1.165, 1.54) is 20.5 Å². The minimum atomic E-state index is 0.154. The highest BCUT2D eigenvalue weighted by Crippen LogP contribution is 2.35. The van der Waals surface area contributed by atoms with E-state index in [9.17, 15) is 0 Å². The van der Waals surface area contributed by atoms with Gasteiger partial charge in [0.2, 0.25) is 0 Å². The van der Waals surface area contributed by atoms with Gasteiger partial charge in [0.1, 0.15) is 0 Å². The lowest BCUT2D eigenvalue weighted by Crippen LogP contribution is -2.25. The van der Waals surface area contributed by atoms with Crippen molar-refractivity contribution in [1.82, 2.24) is 5.32 Å². The molecule has 0 bridgehead atoms. The van der Waals surface area contributed by atoms with Gasteiger partial charge in [0.05, 0.1) is 5.38 Å². The Labute approximate surface area is 124 Å². The molecule has 2 aromatic rings. The molecular formula is C14H13BrClNS. The molecule has 94 valence electrons. The fraction of sp³-hybridized carbons (Fsp3) is 0.286. The number of nitrogens with one attached hydrogen (secondary N) is 1. The fourth-order valence-electron chi connectivity index (χ4n) is 2.44. The molecule has 0 spiro atoms. The average Bonchev–Trinajstić information content (AvgIpc) is 2.90. The summed E-state index contributed by atoms with van der Waals surface area (Å²) < 4.78 is 1.18. The first-order valence-corrected chi connectivity index (χ1v) is 8.04. The number of thiophene rings is 1. The van der Waals surface area contributed by atoms with Crippen LogP contribution in [0.5, 0.6) is 0 Å². The van der Waals surface area contributed by atoms with Crippen LogP contribution in [0, 0.1) is 0 Å². The largest absolute Gasteiger partial charge is 0.304 e. The molecule has 1 aromatic carbocycles. The number of alkyl halides is 1. The highest BCUT2D eigenvalue weighted by molar-refractivity contribution is 9.10. The molecular weight excluding hydrogens is 330 g/mol. The standard InChI is InChI=1S/C14H13BrClNS/c15-11-5-6-18-13(11)8-17-14-10-4-2-1-3-9(10)7-12(14)16/h1-6,12,14,17H,7-8H2. The first-order chi connectivity index (χ1) is 8.75. The van der Waals surface area contributed by atoms with E-state index in [1.54, 1.807) is 11.3 Å². The Balaban J connectivity index is 1.75. The Kier molecular flexibility index (Phi) is 3.76. The number of rotatable bonds is 3. The number of hydrogen-bond acceptors (Lipinski definition) is 2. The Morgan fingerprint density at radius 3 is 2.94 bits per heavy atom. The fourth-order valence-corrected chi connectivity index (χ4v) is 4.27. The Morgan fingerprint density at radius 2 is 2.17 bits per heavy atom. The molecule has 0 saturated carbocycles. The number of benzene rings is 1. The zero-order valence-corrected chi connectivity index (χ0v) is 12.9. The summed E-state index contributed by atoms with van der Waals surface area (Å²) in [5.41, 5.74) is 2.73. The summed E-state index contributed by atoms with van der Waals surface area (Å²) in [7, 11) is 0. The van der Waals surface area contributed by atoms with Crippen LogP contribution in [0.15, 0.2) is 40.2 Å². The van der Waals surface area contributed by atoms with Gasteiger partial charge in [-0.25, -0.2) is 0 Å². The van der Waals surface area contributed by atoms with Crippen molar-refractivity contribution < 1.29 is 0 Å². The van der Waals surface area contributed by atoms with Crippen LogP contribution < -0.4 is 5.32 Å². The van der Waals surface area contributed by atoms with Crippen LogP contribution in [0.2, 0.25) is 0 Å². The molecule has 2 unspecified atom stereocenters. The summed E-state index contributed by atoms with van der Waals surface area (Å²) >= 11 is 11.8. The monoisotopic (exact) mass is 341 g/mol. The lowest BCUT2D eigenvalue weighted by Gasteiger charge is -2.17. The van der Waals surface area contributed by atoms with Gasteiger partial charge in [-0.2, -0.15) is 0 Å². The second kappa shape index (κ2) is 5.33. The SMILES string of the molecule is ClC1Cc2ccccc2C1NCc1sccc1Br. The second-order valence-electron chi connectivity index (χ2n) is 4.47. The molecule has 0 amide bonds. The van der Waals surface area contributed by atoms with Gasteiger partial charge in [0.15, 0.2) is 0 Å². The van der Waals surface area contributed by atoms with Gasteiger partial charge in [0.25, 0.3) is 0 Å². The zero-order valence-electron chi connectivity index (χ0n) is 9.70. The predicted octanol–water partition coefficient (Wildman–Crippen LogP) is 4.51. The maximum atomic E-state index is 6.45. The molecule has 0 saturated heterocycles. The quantitative estimate of drug-likeness (QED) is 0.810. The predicted molar refractivity (Wildman–Crippen MR) is 81.4 cm³/mol. The third-order valence-corrected chi connectivity index (χ3v) is 5.67. The summed E-state index contributed by atoms with van der Waals surface area (Å²) in [6, 6.07) is 10.9. The highest BCUT2D eigenvalue weighted by Gasteiger charge is 2.30. The van der Waals surface area contributed by atoms with Crippen molar-refractivity contribution in [3.8, 4) is 0 Å². The van der Waals surface area contributed by atoms with Crippen molar-refractivity contribution in [3.05, 3.63) is 56.2 Å². The third kappa shape index (κ3) is 2.37. The summed E-state index contributed by atoms with van der Waals surface area (Å²) in [5, 5.41) is 5.83. The molecule has 0 fully saturated rings. The van der Waals surface area contributed by atoms with Gasteiger partial charge < -0.3 is 5.32 Å². The van der Waals surface area contributed by atoms with Gasteiger partial charge >= 0.3 is 0 Å². The maximum absolute atomic E-state index is 6.45.